The van der Waals surface area contributed by atoms with Gasteiger partial charge in [-0.2, -0.15) is 0 Å². The number of likely N-dealkylation sites (N-methyl/N-ethyl adjacent to an activating group) is 1. The minimum Gasteiger partial charge on any atom is -1.00 e. The van der Waals surface area contributed by atoms with E-state index in [9.17, 15) is 0 Å². The normalized spacial score (nSPS) is 16.9. The molecule has 0 aromatic heterocycles. The summed E-state index contributed by atoms with van der Waals surface area (Å²) in [5.41, 5.74) is 3.27. The first-order chi connectivity index (χ1) is 11.7. The van der Waals surface area contributed by atoms with Gasteiger partial charge in [0.05, 0.1) is 18.3 Å². The number of hydrogen-bond donors (Lipinski definition) is 0. The molecule has 0 bridgehead atoms. The first-order valence-electron chi connectivity index (χ1n) is 8.49. The second-order valence-electron chi connectivity index (χ2n) is 6.75. The van der Waals surface area contributed by atoms with Gasteiger partial charge in [0.15, 0.2) is 11.5 Å². The largest absolute Gasteiger partial charge is 1.00 e. The number of benzene rings is 2. The van der Waals surface area contributed by atoms with Gasteiger partial charge in [0, 0.05) is 31.2 Å². The van der Waals surface area contributed by atoms with Crippen LogP contribution in [0.4, 0.5) is 11.4 Å². The third kappa shape index (κ3) is 2.54. The number of halogens is 1. The fraction of sp³-hybridized carbons (Fsp3) is 0.368. The number of hydrogen-bond acceptors (Lipinski definition) is 4. The van der Waals surface area contributed by atoms with Gasteiger partial charge in [-0.15, -0.1) is 0 Å². The zero-order valence-corrected chi connectivity index (χ0v) is 15.1. The van der Waals surface area contributed by atoms with Crippen molar-refractivity contribution in [2.45, 2.75) is 12.8 Å². The molecule has 0 amide bonds. The second-order valence-corrected chi connectivity index (χ2v) is 6.75. The highest BCUT2D eigenvalue weighted by atomic mass is 35.5. The first-order valence-corrected chi connectivity index (χ1v) is 8.49. The number of nitrogens with zero attached hydrogens (tertiary/aromatic N) is 3. The van der Waals surface area contributed by atoms with Crippen molar-refractivity contribution < 1.29 is 21.9 Å². The van der Waals surface area contributed by atoms with E-state index in [2.05, 4.69) is 35.7 Å². The van der Waals surface area contributed by atoms with E-state index in [1.807, 2.05) is 12.1 Å². The zero-order valence-electron chi connectivity index (χ0n) is 14.4. The van der Waals surface area contributed by atoms with Crippen molar-refractivity contribution in [2.75, 3.05) is 38.7 Å². The molecule has 0 aliphatic carbocycles. The van der Waals surface area contributed by atoms with Gasteiger partial charge in [-0.1, -0.05) is 0 Å². The predicted octanol–water partition coefficient (Wildman–Crippen LogP) is -1.36. The molecule has 0 atom stereocenters. The lowest BCUT2D eigenvalue weighted by Crippen LogP contribution is -3.00. The third-order valence-corrected chi connectivity index (χ3v) is 5.11. The minimum atomic E-state index is 0. The molecule has 2 aromatic rings. The highest BCUT2D eigenvalue weighted by molar-refractivity contribution is 5.71. The van der Waals surface area contributed by atoms with Gasteiger partial charge in [-0.25, -0.2) is 9.57 Å². The lowest BCUT2D eigenvalue weighted by atomic mass is 10.0. The van der Waals surface area contributed by atoms with Crippen molar-refractivity contribution in [3.8, 4) is 17.2 Å². The Labute approximate surface area is 152 Å². The molecule has 3 heterocycles. The van der Waals surface area contributed by atoms with Crippen LogP contribution in [-0.4, -0.2) is 33.8 Å². The molecule has 2 aromatic carbocycles. The van der Waals surface area contributed by atoms with E-state index < -0.39 is 0 Å². The van der Waals surface area contributed by atoms with E-state index in [4.69, 9.17) is 14.5 Å². The molecule has 6 heteroatoms. The van der Waals surface area contributed by atoms with Crippen LogP contribution in [0.2, 0.25) is 0 Å². The molecule has 3 aliphatic rings. The van der Waals surface area contributed by atoms with E-state index in [1.165, 1.54) is 17.3 Å². The first kappa shape index (κ1) is 16.2. The van der Waals surface area contributed by atoms with Gasteiger partial charge >= 0.3 is 0 Å². The average Bonchev–Trinajstić information content (AvgIpc) is 2.58. The van der Waals surface area contributed by atoms with E-state index in [-0.39, 0.29) is 12.4 Å². The van der Waals surface area contributed by atoms with Crippen molar-refractivity contribution in [2.24, 2.45) is 4.99 Å². The summed E-state index contributed by atoms with van der Waals surface area (Å²) >= 11 is 0. The van der Waals surface area contributed by atoms with Crippen molar-refractivity contribution in [3.63, 3.8) is 0 Å². The summed E-state index contributed by atoms with van der Waals surface area (Å²) in [6.07, 6.45) is 2.29. The highest BCUT2D eigenvalue weighted by Gasteiger charge is 2.23. The summed E-state index contributed by atoms with van der Waals surface area (Å²) in [6, 6.07) is 8.35. The smallest absolute Gasteiger partial charge is 0.206 e. The van der Waals surface area contributed by atoms with Gasteiger partial charge in [0.2, 0.25) is 5.36 Å². The Morgan fingerprint density at radius 3 is 2.88 bits per heavy atom. The summed E-state index contributed by atoms with van der Waals surface area (Å²) in [6.45, 7) is 2.69. The van der Waals surface area contributed by atoms with Gasteiger partial charge in [0.25, 0.3) is 0 Å². The van der Waals surface area contributed by atoms with Gasteiger partial charge in [-0.05, 0) is 12.5 Å². The Morgan fingerprint density at radius 1 is 1.12 bits per heavy atom. The van der Waals surface area contributed by atoms with E-state index in [1.54, 1.807) is 0 Å². The van der Waals surface area contributed by atoms with Crippen molar-refractivity contribution >= 4 is 11.4 Å². The Hall–Kier alpha value is -2.27. The van der Waals surface area contributed by atoms with Crippen LogP contribution in [0.25, 0.3) is 0 Å². The average molecular weight is 358 g/mol. The maximum Gasteiger partial charge on any atom is 0.206 e. The lowest BCUT2D eigenvalue weighted by Gasteiger charge is -2.29. The molecule has 0 unspecified atom stereocenters. The summed E-state index contributed by atoms with van der Waals surface area (Å²) in [4.78, 5) is 7.03. The van der Waals surface area contributed by atoms with E-state index in [0.717, 1.165) is 53.5 Å². The van der Waals surface area contributed by atoms with Gasteiger partial charge in [0.1, 0.15) is 37.0 Å². The maximum atomic E-state index is 6.20. The Bertz CT molecular complexity index is 987. The molecule has 25 heavy (non-hydrogen) atoms. The molecule has 0 radical (unpaired) electrons. The molecule has 0 N–H and O–H groups in total. The second kappa shape index (κ2) is 5.92. The molecule has 5 rings (SSSR count). The van der Waals surface area contributed by atoms with Gasteiger partial charge in [-0.3, -0.25) is 0 Å². The van der Waals surface area contributed by atoms with Crippen LogP contribution in [0, 0.1) is 0 Å². The fourth-order valence-corrected chi connectivity index (χ4v) is 3.74. The maximum absolute atomic E-state index is 6.20. The molecule has 3 aliphatic heterocycles. The lowest BCUT2D eigenvalue weighted by molar-refractivity contribution is -0.00000578. The van der Waals surface area contributed by atoms with Crippen LogP contribution in [-0.2, 0) is 6.42 Å². The van der Waals surface area contributed by atoms with Crippen LogP contribution in [0.5, 0.6) is 17.2 Å². The molecule has 0 fully saturated rings. The molecule has 130 valence electrons. The molecule has 0 saturated carbocycles. The van der Waals surface area contributed by atoms with Crippen molar-refractivity contribution in [1.29, 1.82) is 0 Å². The number of ether oxygens (including phenoxy) is 2. The zero-order chi connectivity index (χ0) is 16.3. The Kier molecular flexibility index (Phi) is 3.84. The third-order valence-electron chi connectivity index (χ3n) is 5.11. The summed E-state index contributed by atoms with van der Waals surface area (Å²) in [5.74, 6) is 2.53. The molecular formula is C19H20ClN3O2. The predicted molar refractivity (Wildman–Crippen MR) is 92.5 cm³/mol. The monoisotopic (exact) mass is 357 g/mol. The molecule has 5 nitrogen and oxygen atoms in total. The fourth-order valence-electron chi connectivity index (χ4n) is 3.74. The summed E-state index contributed by atoms with van der Waals surface area (Å²) < 4.78 is 14.3. The minimum absolute atomic E-state index is 0. The number of aryl methyl sites for hydroxylation is 1. The van der Waals surface area contributed by atoms with Crippen LogP contribution in [0.15, 0.2) is 29.3 Å². The van der Waals surface area contributed by atoms with Crippen LogP contribution in [0.3, 0.4) is 0 Å². The van der Waals surface area contributed by atoms with E-state index >= 15 is 0 Å². The van der Waals surface area contributed by atoms with Crippen LogP contribution >= 0.6 is 0 Å². The van der Waals surface area contributed by atoms with Gasteiger partial charge < -0.3 is 26.8 Å². The SMILES string of the molecule is CN1CCOc2cc3c(cc21)Oc1cc2c(cc1=N3)CCC[N+]=2C.[Cl-]. The molecule has 0 saturated heterocycles. The topological polar surface area (TPSA) is 37.1 Å². The number of fused-ring (bicyclic) bond motifs is 4. The van der Waals surface area contributed by atoms with Crippen molar-refractivity contribution in [3.05, 3.63) is 40.5 Å². The number of rotatable bonds is 0. The highest BCUT2D eigenvalue weighted by Crippen LogP contribution is 2.43. The van der Waals surface area contributed by atoms with E-state index in [0.29, 0.717) is 6.61 Å². The van der Waals surface area contributed by atoms with Crippen LogP contribution < -0.4 is 42.1 Å². The summed E-state index contributed by atoms with van der Waals surface area (Å²) in [5, 5.41) is 2.18. The molecular weight excluding hydrogens is 338 g/mol. The quantitative estimate of drug-likeness (QED) is 0.467. The standard InChI is InChI=1S/C19H20N3O2.ClH/c1-21-5-3-4-12-8-13-17(10-15(12)21)24-18-11-16-19(9-14(18)20-13)23-7-6-22(16)2;/h8-11H,3-7H2,1-2H3;1H/q+1;/p-1. The Morgan fingerprint density at radius 2 is 2.00 bits per heavy atom. The molecule has 0 spiro atoms. The summed E-state index contributed by atoms with van der Waals surface area (Å²) in [7, 11) is 4.22. The Balaban J connectivity index is 0.00000157. The van der Waals surface area contributed by atoms with Crippen LogP contribution in [0.1, 0.15) is 12.0 Å². The van der Waals surface area contributed by atoms with Crippen molar-refractivity contribution in [1.82, 2.24) is 4.58 Å². The number of anilines is 1.